The minimum absolute atomic E-state index is 0.293. The number of anilines is 2. The van der Waals surface area contributed by atoms with Crippen molar-refractivity contribution in [3.63, 3.8) is 0 Å². The van der Waals surface area contributed by atoms with Crippen LogP contribution >= 0.6 is 11.6 Å². The minimum atomic E-state index is -0.293. The van der Waals surface area contributed by atoms with Crippen LogP contribution in [0.15, 0.2) is 30.3 Å². The molecule has 0 unspecified atom stereocenters. The summed E-state index contributed by atoms with van der Waals surface area (Å²) in [4.78, 5) is 21.0. The van der Waals surface area contributed by atoms with Crippen LogP contribution in [0.3, 0.4) is 0 Å². The highest BCUT2D eigenvalue weighted by Gasteiger charge is 2.17. The van der Waals surface area contributed by atoms with Crippen LogP contribution in [-0.2, 0) is 0 Å². The number of hydrogen-bond acceptors (Lipinski definition) is 4. The van der Waals surface area contributed by atoms with E-state index in [0.29, 0.717) is 34.1 Å². The largest absolute Gasteiger partial charge is 0.367 e. The number of carbonyl (C=O) groups is 1. The van der Waals surface area contributed by atoms with Crippen LogP contribution in [0.5, 0.6) is 0 Å². The van der Waals surface area contributed by atoms with Crippen LogP contribution in [0.25, 0.3) is 0 Å². The summed E-state index contributed by atoms with van der Waals surface area (Å²) in [6.45, 7) is 1.78. The molecule has 1 amide bonds. The molecule has 23 heavy (non-hydrogen) atoms. The van der Waals surface area contributed by atoms with Gasteiger partial charge >= 0.3 is 0 Å². The molecule has 1 aromatic heterocycles. The standard InChI is InChI=1S/C17H19ClN4O/c1-11-19-15(10-16(20-11)21-12-6-2-3-7-12)17(23)22-14-9-5-4-8-13(14)18/h4-5,8-10,12H,2-3,6-7H2,1H3,(H,22,23)(H,19,20,21). The lowest BCUT2D eigenvalue weighted by molar-refractivity contribution is 0.102. The highest BCUT2D eigenvalue weighted by atomic mass is 35.5. The van der Waals surface area contributed by atoms with Gasteiger partial charge in [-0.2, -0.15) is 0 Å². The van der Waals surface area contributed by atoms with Crippen LogP contribution < -0.4 is 10.6 Å². The van der Waals surface area contributed by atoms with Crippen LogP contribution in [-0.4, -0.2) is 21.9 Å². The zero-order valence-corrected chi connectivity index (χ0v) is 13.7. The van der Waals surface area contributed by atoms with Crippen molar-refractivity contribution in [3.8, 4) is 0 Å². The normalized spacial score (nSPS) is 14.7. The molecule has 1 fully saturated rings. The van der Waals surface area contributed by atoms with Gasteiger partial charge in [0.25, 0.3) is 5.91 Å². The van der Waals surface area contributed by atoms with E-state index in [1.165, 1.54) is 12.8 Å². The fourth-order valence-corrected chi connectivity index (χ4v) is 2.97. The van der Waals surface area contributed by atoms with Gasteiger partial charge in [-0.05, 0) is 31.9 Å². The smallest absolute Gasteiger partial charge is 0.274 e. The van der Waals surface area contributed by atoms with E-state index in [9.17, 15) is 4.79 Å². The summed E-state index contributed by atoms with van der Waals surface area (Å²) in [5, 5.41) is 6.68. The third-order valence-corrected chi connectivity index (χ3v) is 4.23. The maximum atomic E-state index is 12.4. The molecule has 0 aliphatic heterocycles. The zero-order chi connectivity index (χ0) is 16.2. The van der Waals surface area contributed by atoms with Crippen LogP contribution in [0.4, 0.5) is 11.5 Å². The van der Waals surface area contributed by atoms with E-state index in [2.05, 4.69) is 20.6 Å². The molecule has 120 valence electrons. The second kappa shape index (κ2) is 6.96. The number of benzene rings is 1. The molecule has 1 aliphatic carbocycles. The second-order valence-electron chi connectivity index (χ2n) is 5.75. The number of para-hydroxylation sites is 1. The SMILES string of the molecule is Cc1nc(NC2CCCC2)cc(C(=O)Nc2ccccc2Cl)n1. The Kier molecular flexibility index (Phi) is 4.76. The molecule has 1 heterocycles. The minimum Gasteiger partial charge on any atom is -0.367 e. The number of halogens is 1. The van der Waals surface area contributed by atoms with E-state index in [0.717, 1.165) is 12.8 Å². The zero-order valence-electron chi connectivity index (χ0n) is 13.0. The molecule has 0 atom stereocenters. The number of aryl methyl sites for hydroxylation is 1. The fraction of sp³-hybridized carbons (Fsp3) is 0.353. The molecule has 1 aromatic carbocycles. The monoisotopic (exact) mass is 330 g/mol. The van der Waals surface area contributed by atoms with Crippen molar-refractivity contribution in [1.29, 1.82) is 0 Å². The molecule has 0 bridgehead atoms. The molecule has 2 aromatic rings. The van der Waals surface area contributed by atoms with Crippen molar-refractivity contribution in [2.45, 2.75) is 38.6 Å². The Bertz CT molecular complexity index is 713. The summed E-state index contributed by atoms with van der Waals surface area (Å²) < 4.78 is 0. The maximum Gasteiger partial charge on any atom is 0.274 e. The number of aromatic nitrogens is 2. The summed E-state index contributed by atoms with van der Waals surface area (Å²) in [6, 6.07) is 9.25. The number of rotatable bonds is 4. The van der Waals surface area contributed by atoms with Crippen molar-refractivity contribution in [2.24, 2.45) is 0 Å². The molecule has 5 nitrogen and oxygen atoms in total. The molecule has 6 heteroatoms. The molecule has 3 rings (SSSR count). The Balaban J connectivity index is 1.77. The van der Waals surface area contributed by atoms with Crippen molar-refractivity contribution in [2.75, 3.05) is 10.6 Å². The van der Waals surface area contributed by atoms with E-state index in [1.807, 2.05) is 12.1 Å². The first-order chi connectivity index (χ1) is 11.1. The number of carbonyl (C=O) groups excluding carboxylic acids is 1. The fourth-order valence-electron chi connectivity index (χ4n) is 2.79. The molecule has 0 spiro atoms. The molecule has 0 radical (unpaired) electrons. The van der Waals surface area contributed by atoms with Gasteiger partial charge in [0.05, 0.1) is 10.7 Å². The predicted octanol–water partition coefficient (Wildman–Crippen LogP) is 4.05. The van der Waals surface area contributed by atoms with Crippen molar-refractivity contribution >= 4 is 29.0 Å². The van der Waals surface area contributed by atoms with Gasteiger partial charge in [-0.25, -0.2) is 9.97 Å². The Morgan fingerprint density at radius 1 is 1.22 bits per heavy atom. The molecule has 1 saturated carbocycles. The van der Waals surface area contributed by atoms with Gasteiger partial charge in [-0.15, -0.1) is 0 Å². The average Bonchev–Trinajstić information content (AvgIpc) is 3.02. The third-order valence-electron chi connectivity index (χ3n) is 3.90. The first-order valence-corrected chi connectivity index (χ1v) is 8.18. The summed E-state index contributed by atoms with van der Waals surface area (Å²) in [5.74, 6) is 0.976. The molecule has 1 aliphatic rings. The van der Waals surface area contributed by atoms with Crippen molar-refractivity contribution in [1.82, 2.24) is 9.97 Å². The lowest BCUT2D eigenvalue weighted by atomic mass is 10.2. The van der Waals surface area contributed by atoms with Gasteiger partial charge < -0.3 is 10.6 Å². The van der Waals surface area contributed by atoms with Crippen molar-refractivity contribution < 1.29 is 4.79 Å². The lowest BCUT2D eigenvalue weighted by Gasteiger charge is -2.14. The van der Waals surface area contributed by atoms with Crippen LogP contribution in [0, 0.1) is 6.92 Å². The first kappa shape index (κ1) is 15.7. The lowest BCUT2D eigenvalue weighted by Crippen LogP contribution is -2.19. The average molecular weight is 331 g/mol. The quantitative estimate of drug-likeness (QED) is 0.887. The number of nitrogens with zero attached hydrogens (tertiary/aromatic N) is 2. The Morgan fingerprint density at radius 3 is 2.70 bits per heavy atom. The third kappa shape index (κ3) is 3.99. The van der Waals surface area contributed by atoms with Gasteiger partial charge in [-0.1, -0.05) is 36.6 Å². The Labute approximate surface area is 140 Å². The number of amides is 1. The van der Waals surface area contributed by atoms with Crippen LogP contribution in [0.2, 0.25) is 5.02 Å². The highest BCUT2D eigenvalue weighted by molar-refractivity contribution is 6.33. The van der Waals surface area contributed by atoms with Crippen LogP contribution in [0.1, 0.15) is 42.0 Å². The Morgan fingerprint density at radius 2 is 1.96 bits per heavy atom. The van der Waals surface area contributed by atoms with Gasteiger partial charge in [0.1, 0.15) is 17.3 Å². The summed E-state index contributed by atoms with van der Waals surface area (Å²) in [7, 11) is 0. The molecular formula is C17H19ClN4O. The summed E-state index contributed by atoms with van der Waals surface area (Å²) in [5.41, 5.74) is 0.902. The first-order valence-electron chi connectivity index (χ1n) is 7.80. The highest BCUT2D eigenvalue weighted by Crippen LogP contribution is 2.23. The van der Waals surface area contributed by atoms with E-state index < -0.39 is 0 Å². The number of nitrogens with one attached hydrogen (secondary N) is 2. The van der Waals surface area contributed by atoms with E-state index >= 15 is 0 Å². The van der Waals surface area contributed by atoms with Gasteiger partial charge in [0.2, 0.25) is 0 Å². The van der Waals surface area contributed by atoms with Gasteiger partial charge in [0, 0.05) is 12.1 Å². The van der Waals surface area contributed by atoms with E-state index in [1.54, 1.807) is 25.1 Å². The maximum absolute atomic E-state index is 12.4. The molecular weight excluding hydrogens is 312 g/mol. The van der Waals surface area contributed by atoms with E-state index in [4.69, 9.17) is 11.6 Å². The van der Waals surface area contributed by atoms with Gasteiger partial charge in [-0.3, -0.25) is 4.79 Å². The summed E-state index contributed by atoms with van der Waals surface area (Å²) in [6.07, 6.45) is 4.76. The molecule has 2 N–H and O–H groups in total. The number of hydrogen-bond donors (Lipinski definition) is 2. The second-order valence-corrected chi connectivity index (χ2v) is 6.15. The van der Waals surface area contributed by atoms with Gasteiger partial charge in [0.15, 0.2) is 0 Å². The molecule has 0 saturated heterocycles. The van der Waals surface area contributed by atoms with Crippen molar-refractivity contribution in [3.05, 3.63) is 46.9 Å². The summed E-state index contributed by atoms with van der Waals surface area (Å²) >= 11 is 6.07. The Hall–Kier alpha value is -2.14. The van der Waals surface area contributed by atoms with E-state index in [-0.39, 0.29) is 5.91 Å². The topological polar surface area (TPSA) is 66.9 Å². The predicted molar refractivity (Wildman–Crippen MR) is 92.1 cm³/mol.